The molecule has 2 aromatic carbocycles. The fraction of sp³-hybridized carbons (Fsp3) is 0.200. The summed E-state index contributed by atoms with van der Waals surface area (Å²) in [6.07, 6.45) is 6.33. The Kier molecular flexibility index (Phi) is 6.07. The third-order valence-electron chi connectivity index (χ3n) is 3.99. The number of amides is 1. The molecule has 0 atom stereocenters. The zero-order valence-corrected chi connectivity index (χ0v) is 16.1. The maximum atomic E-state index is 12.0. The highest BCUT2D eigenvalue weighted by Gasteiger charge is 2.06. The SMILES string of the molecule is CCc1ccc(OCC(=O)NCc2ccc(-n3ccnc3)cc2)c(Br)c1. The molecule has 0 radical (unpaired) electrons. The molecule has 1 amide bonds. The van der Waals surface area contributed by atoms with Gasteiger partial charge in [0.2, 0.25) is 0 Å². The second-order valence-electron chi connectivity index (χ2n) is 5.82. The lowest BCUT2D eigenvalue weighted by Gasteiger charge is -2.10. The Bertz CT molecular complexity index is 861. The lowest BCUT2D eigenvalue weighted by molar-refractivity contribution is -0.123. The summed E-state index contributed by atoms with van der Waals surface area (Å²) in [6.45, 7) is 2.54. The van der Waals surface area contributed by atoms with E-state index in [0.29, 0.717) is 12.3 Å². The van der Waals surface area contributed by atoms with Crippen LogP contribution in [-0.2, 0) is 17.8 Å². The lowest BCUT2D eigenvalue weighted by Crippen LogP contribution is -2.28. The fourth-order valence-electron chi connectivity index (χ4n) is 2.47. The Morgan fingerprint density at radius 1 is 1.19 bits per heavy atom. The first-order valence-corrected chi connectivity index (χ1v) is 9.20. The molecule has 0 aliphatic rings. The predicted molar refractivity (Wildman–Crippen MR) is 104 cm³/mol. The minimum atomic E-state index is -0.157. The normalized spacial score (nSPS) is 10.5. The summed E-state index contributed by atoms with van der Waals surface area (Å²) in [7, 11) is 0. The second kappa shape index (κ2) is 8.67. The fourth-order valence-corrected chi connectivity index (χ4v) is 3.01. The molecule has 0 spiro atoms. The molecule has 1 N–H and O–H groups in total. The van der Waals surface area contributed by atoms with Crippen LogP contribution in [0.2, 0.25) is 0 Å². The van der Waals surface area contributed by atoms with Crippen molar-refractivity contribution in [2.75, 3.05) is 6.61 Å². The van der Waals surface area contributed by atoms with E-state index in [0.717, 1.165) is 22.1 Å². The minimum Gasteiger partial charge on any atom is -0.483 e. The maximum absolute atomic E-state index is 12.0. The second-order valence-corrected chi connectivity index (χ2v) is 6.67. The molecule has 0 unspecified atom stereocenters. The largest absolute Gasteiger partial charge is 0.483 e. The molecule has 1 aromatic heterocycles. The molecule has 0 bridgehead atoms. The quantitative estimate of drug-likeness (QED) is 0.638. The van der Waals surface area contributed by atoms with E-state index in [9.17, 15) is 4.79 Å². The maximum Gasteiger partial charge on any atom is 0.258 e. The number of nitrogens with zero attached hydrogens (tertiary/aromatic N) is 2. The van der Waals surface area contributed by atoms with Gasteiger partial charge in [-0.25, -0.2) is 4.98 Å². The Labute approximate surface area is 161 Å². The van der Waals surface area contributed by atoms with Gasteiger partial charge in [0, 0.05) is 24.6 Å². The molecule has 0 aliphatic heterocycles. The van der Waals surface area contributed by atoms with E-state index in [1.807, 2.05) is 53.2 Å². The van der Waals surface area contributed by atoms with Crippen LogP contribution in [-0.4, -0.2) is 22.1 Å². The summed E-state index contributed by atoms with van der Waals surface area (Å²) in [5, 5.41) is 2.87. The number of hydrogen-bond acceptors (Lipinski definition) is 3. The molecule has 134 valence electrons. The van der Waals surface area contributed by atoms with E-state index in [-0.39, 0.29) is 12.5 Å². The number of imidazole rings is 1. The van der Waals surface area contributed by atoms with Crippen LogP contribution >= 0.6 is 15.9 Å². The van der Waals surface area contributed by atoms with Crippen LogP contribution in [0.4, 0.5) is 0 Å². The highest BCUT2D eigenvalue weighted by Crippen LogP contribution is 2.26. The van der Waals surface area contributed by atoms with Crippen LogP contribution in [0.15, 0.2) is 65.7 Å². The number of carbonyl (C=O) groups is 1. The van der Waals surface area contributed by atoms with Crippen molar-refractivity contribution in [3.8, 4) is 11.4 Å². The molecule has 3 rings (SSSR count). The van der Waals surface area contributed by atoms with Crippen molar-refractivity contribution in [3.05, 3.63) is 76.8 Å². The van der Waals surface area contributed by atoms with E-state index in [1.54, 1.807) is 12.5 Å². The van der Waals surface area contributed by atoms with Gasteiger partial charge in [-0.2, -0.15) is 0 Å². The Hall–Kier alpha value is -2.60. The van der Waals surface area contributed by atoms with Crippen LogP contribution in [0.5, 0.6) is 5.75 Å². The van der Waals surface area contributed by atoms with Gasteiger partial charge in [0.05, 0.1) is 10.8 Å². The van der Waals surface area contributed by atoms with Crippen molar-refractivity contribution in [2.45, 2.75) is 19.9 Å². The summed E-state index contributed by atoms with van der Waals surface area (Å²) < 4.78 is 8.37. The summed E-state index contributed by atoms with van der Waals surface area (Å²) in [4.78, 5) is 16.0. The average Bonchev–Trinajstić information content (AvgIpc) is 3.20. The van der Waals surface area contributed by atoms with E-state index in [4.69, 9.17) is 4.74 Å². The zero-order valence-electron chi connectivity index (χ0n) is 14.5. The highest BCUT2D eigenvalue weighted by atomic mass is 79.9. The van der Waals surface area contributed by atoms with Crippen molar-refractivity contribution in [1.82, 2.24) is 14.9 Å². The number of nitrogens with one attached hydrogen (secondary N) is 1. The number of carbonyl (C=O) groups excluding carboxylic acids is 1. The standard InChI is InChI=1S/C20H20BrN3O2/c1-2-15-5-8-19(18(21)11-15)26-13-20(25)23-12-16-3-6-17(7-4-16)24-10-9-22-14-24/h3-11,14H,2,12-13H2,1H3,(H,23,25). The molecular formula is C20H20BrN3O2. The number of benzene rings is 2. The molecule has 0 saturated carbocycles. The molecule has 0 aliphatic carbocycles. The molecule has 0 saturated heterocycles. The predicted octanol–water partition coefficient (Wildman–Crippen LogP) is 3.89. The molecule has 0 fully saturated rings. The first-order valence-electron chi connectivity index (χ1n) is 8.41. The van der Waals surface area contributed by atoms with Crippen molar-refractivity contribution >= 4 is 21.8 Å². The molecule has 3 aromatic rings. The number of rotatable bonds is 7. The van der Waals surface area contributed by atoms with Crippen LogP contribution in [0.3, 0.4) is 0 Å². The highest BCUT2D eigenvalue weighted by molar-refractivity contribution is 9.10. The Morgan fingerprint density at radius 2 is 1.96 bits per heavy atom. The molecule has 5 nitrogen and oxygen atoms in total. The third kappa shape index (κ3) is 4.73. The van der Waals surface area contributed by atoms with Crippen LogP contribution < -0.4 is 10.1 Å². The first-order chi connectivity index (χ1) is 12.7. The molecular weight excluding hydrogens is 394 g/mol. The van der Waals surface area contributed by atoms with Gasteiger partial charge in [-0.1, -0.05) is 25.1 Å². The summed E-state index contributed by atoms with van der Waals surface area (Å²) >= 11 is 3.47. The van der Waals surface area contributed by atoms with Gasteiger partial charge in [0.15, 0.2) is 6.61 Å². The topological polar surface area (TPSA) is 56.1 Å². The Balaban J connectivity index is 1.48. The Morgan fingerprint density at radius 3 is 2.62 bits per heavy atom. The van der Waals surface area contributed by atoms with Gasteiger partial charge in [0.25, 0.3) is 5.91 Å². The first kappa shape index (κ1) is 18.2. The van der Waals surface area contributed by atoms with Crippen molar-refractivity contribution in [1.29, 1.82) is 0 Å². The minimum absolute atomic E-state index is 0.0167. The summed E-state index contributed by atoms with van der Waals surface area (Å²) in [5.41, 5.74) is 3.27. The zero-order chi connectivity index (χ0) is 18.4. The van der Waals surface area contributed by atoms with Crippen LogP contribution in [0.1, 0.15) is 18.1 Å². The van der Waals surface area contributed by atoms with Crippen molar-refractivity contribution < 1.29 is 9.53 Å². The average molecular weight is 414 g/mol. The van der Waals surface area contributed by atoms with Gasteiger partial charge in [-0.05, 0) is 57.7 Å². The third-order valence-corrected chi connectivity index (χ3v) is 4.61. The number of hydrogen-bond donors (Lipinski definition) is 1. The van der Waals surface area contributed by atoms with E-state index < -0.39 is 0 Å². The van der Waals surface area contributed by atoms with Gasteiger partial charge in [0.1, 0.15) is 5.75 Å². The van der Waals surface area contributed by atoms with Crippen molar-refractivity contribution in [3.63, 3.8) is 0 Å². The number of aryl methyl sites for hydroxylation is 1. The lowest BCUT2D eigenvalue weighted by atomic mass is 10.2. The van der Waals surface area contributed by atoms with E-state index >= 15 is 0 Å². The molecule has 1 heterocycles. The number of halogens is 1. The van der Waals surface area contributed by atoms with E-state index in [2.05, 4.69) is 33.2 Å². The summed E-state index contributed by atoms with van der Waals surface area (Å²) in [5.74, 6) is 0.511. The van der Waals surface area contributed by atoms with Gasteiger partial charge >= 0.3 is 0 Å². The van der Waals surface area contributed by atoms with E-state index in [1.165, 1.54) is 5.56 Å². The monoisotopic (exact) mass is 413 g/mol. The van der Waals surface area contributed by atoms with Gasteiger partial charge in [-0.15, -0.1) is 0 Å². The number of aromatic nitrogens is 2. The molecule has 26 heavy (non-hydrogen) atoms. The van der Waals surface area contributed by atoms with Crippen LogP contribution in [0.25, 0.3) is 5.69 Å². The van der Waals surface area contributed by atoms with Crippen LogP contribution in [0, 0.1) is 0 Å². The smallest absolute Gasteiger partial charge is 0.258 e. The summed E-state index contributed by atoms with van der Waals surface area (Å²) in [6, 6.07) is 13.8. The number of ether oxygens (including phenoxy) is 1. The van der Waals surface area contributed by atoms with Gasteiger partial charge in [-0.3, -0.25) is 4.79 Å². The molecule has 6 heteroatoms. The van der Waals surface area contributed by atoms with Crippen molar-refractivity contribution in [2.24, 2.45) is 0 Å². The van der Waals surface area contributed by atoms with Gasteiger partial charge < -0.3 is 14.6 Å².